The van der Waals surface area contributed by atoms with Crippen molar-refractivity contribution in [2.24, 2.45) is 0 Å². The zero-order valence-corrected chi connectivity index (χ0v) is 12.2. The van der Waals surface area contributed by atoms with Crippen molar-refractivity contribution in [3.05, 3.63) is 30.5 Å². The zero-order chi connectivity index (χ0) is 14.6. The smallest absolute Gasteiger partial charge is 0.250 e. The Bertz CT molecular complexity index is 729. The molecule has 0 aliphatic carbocycles. The molecule has 0 bridgehead atoms. The highest BCUT2D eigenvalue weighted by molar-refractivity contribution is 6.11. The molecule has 3 heterocycles. The van der Waals surface area contributed by atoms with E-state index in [4.69, 9.17) is 0 Å². The van der Waals surface area contributed by atoms with Crippen molar-refractivity contribution in [1.29, 1.82) is 0 Å². The molecule has 0 radical (unpaired) electrons. The molecule has 21 heavy (non-hydrogen) atoms. The molecule has 5 nitrogen and oxygen atoms in total. The van der Waals surface area contributed by atoms with E-state index in [1.54, 1.807) is 4.90 Å². The Morgan fingerprint density at radius 3 is 3.00 bits per heavy atom. The summed E-state index contributed by atoms with van der Waals surface area (Å²) in [5.41, 5.74) is 3.02. The summed E-state index contributed by atoms with van der Waals surface area (Å²) in [5.74, 6) is 0.138. The predicted molar refractivity (Wildman–Crippen MR) is 83.8 cm³/mol. The van der Waals surface area contributed by atoms with Crippen molar-refractivity contribution in [2.45, 2.75) is 19.0 Å². The third kappa shape index (κ3) is 1.74. The van der Waals surface area contributed by atoms with Gasteiger partial charge in [0, 0.05) is 31.6 Å². The molecule has 0 spiro atoms. The number of benzene rings is 1. The fraction of sp³-hybridized carbons (Fsp3) is 0.375. The molecule has 2 unspecified atom stereocenters. The molecule has 1 fully saturated rings. The number of carbonyl (C=O) groups excluding carboxylic acids is 1. The van der Waals surface area contributed by atoms with Crippen molar-refractivity contribution in [3.8, 4) is 0 Å². The Balaban J connectivity index is 1.99. The molecule has 5 heteroatoms. The Labute approximate surface area is 123 Å². The van der Waals surface area contributed by atoms with Gasteiger partial charge in [0.25, 0.3) is 5.91 Å². The highest BCUT2D eigenvalue weighted by Gasteiger charge is 2.40. The summed E-state index contributed by atoms with van der Waals surface area (Å²) in [6.07, 6.45) is 1.82. The molecule has 2 atom stereocenters. The van der Waals surface area contributed by atoms with Crippen molar-refractivity contribution in [2.75, 3.05) is 29.9 Å². The number of fused-ring (bicyclic) bond motifs is 5. The lowest BCUT2D eigenvalue weighted by atomic mass is 10.0. The van der Waals surface area contributed by atoms with E-state index in [-0.39, 0.29) is 11.9 Å². The summed E-state index contributed by atoms with van der Waals surface area (Å²) in [5, 5.41) is 4.53. The zero-order valence-electron chi connectivity index (χ0n) is 12.2. The maximum atomic E-state index is 12.6. The van der Waals surface area contributed by atoms with Crippen molar-refractivity contribution >= 4 is 28.2 Å². The maximum absolute atomic E-state index is 12.6. The van der Waals surface area contributed by atoms with Crippen LogP contribution in [0.5, 0.6) is 0 Å². The third-order valence-electron chi connectivity index (χ3n) is 4.50. The van der Waals surface area contributed by atoms with Crippen LogP contribution in [-0.4, -0.2) is 43.1 Å². The van der Waals surface area contributed by atoms with E-state index in [9.17, 15) is 4.79 Å². The largest absolute Gasteiger partial charge is 0.355 e. The highest BCUT2D eigenvalue weighted by atomic mass is 16.2. The summed E-state index contributed by atoms with van der Waals surface area (Å²) in [6, 6.07) is 8.39. The lowest BCUT2D eigenvalue weighted by Gasteiger charge is -2.46. The van der Waals surface area contributed by atoms with Crippen LogP contribution in [0.1, 0.15) is 6.92 Å². The van der Waals surface area contributed by atoms with Gasteiger partial charge in [0.1, 0.15) is 6.04 Å². The first kappa shape index (κ1) is 12.6. The number of hydrogen-bond acceptors (Lipinski definition) is 4. The molecule has 2 aromatic rings. The number of piperazine rings is 1. The number of para-hydroxylation sites is 1. The van der Waals surface area contributed by atoms with Gasteiger partial charge in [-0.25, -0.2) is 0 Å². The number of aromatic nitrogens is 1. The van der Waals surface area contributed by atoms with E-state index in [0.29, 0.717) is 12.6 Å². The van der Waals surface area contributed by atoms with Crippen LogP contribution in [0.15, 0.2) is 30.5 Å². The minimum atomic E-state index is -0.121. The van der Waals surface area contributed by atoms with E-state index in [1.165, 1.54) is 0 Å². The first-order valence-electron chi connectivity index (χ1n) is 7.32. The standard InChI is InChI=1S/C16H18N4O/c1-10-9-20-14(8-17-10)16(21)19(2)13-7-18-12-6-4-3-5-11(12)15(13)20/h3-7,10,14,17H,8-9H2,1-2H3. The van der Waals surface area contributed by atoms with Gasteiger partial charge >= 0.3 is 0 Å². The van der Waals surface area contributed by atoms with Crippen molar-refractivity contribution < 1.29 is 4.79 Å². The Kier molecular flexibility index (Phi) is 2.65. The summed E-state index contributed by atoms with van der Waals surface area (Å²) in [4.78, 5) is 21.1. The fourth-order valence-electron chi connectivity index (χ4n) is 3.38. The number of amides is 1. The second-order valence-corrected chi connectivity index (χ2v) is 5.88. The number of carbonyl (C=O) groups is 1. The molecule has 1 aromatic carbocycles. The van der Waals surface area contributed by atoms with Crippen LogP contribution < -0.4 is 15.1 Å². The number of hydrogen-bond donors (Lipinski definition) is 1. The van der Waals surface area contributed by atoms with Gasteiger partial charge in [-0.15, -0.1) is 0 Å². The van der Waals surface area contributed by atoms with Gasteiger partial charge in [-0.3, -0.25) is 9.78 Å². The van der Waals surface area contributed by atoms with Crippen LogP contribution in [0.25, 0.3) is 10.9 Å². The molecule has 0 saturated carbocycles. The molecule has 1 N–H and O–H groups in total. The van der Waals surface area contributed by atoms with E-state index >= 15 is 0 Å². The molecule has 2 aliphatic heterocycles. The third-order valence-corrected chi connectivity index (χ3v) is 4.50. The van der Waals surface area contributed by atoms with Gasteiger partial charge in [0.2, 0.25) is 0 Å². The Morgan fingerprint density at radius 1 is 1.33 bits per heavy atom. The second kappa shape index (κ2) is 4.43. The summed E-state index contributed by atoms with van der Waals surface area (Å²) in [7, 11) is 1.84. The monoisotopic (exact) mass is 282 g/mol. The quantitative estimate of drug-likeness (QED) is 0.793. The van der Waals surface area contributed by atoms with Crippen molar-refractivity contribution in [3.63, 3.8) is 0 Å². The SMILES string of the molecule is CC1CN2c3c(cnc4ccccc34)N(C)C(=O)C2CN1. The van der Waals surface area contributed by atoms with E-state index in [0.717, 1.165) is 28.8 Å². The second-order valence-electron chi connectivity index (χ2n) is 5.88. The van der Waals surface area contributed by atoms with Crippen LogP contribution in [0, 0.1) is 0 Å². The van der Waals surface area contributed by atoms with Gasteiger partial charge in [-0.1, -0.05) is 18.2 Å². The van der Waals surface area contributed by atoms with E-state index in [2.05, 4.69) is 28.2 Å². The van der Waals surface area contributed by atoms with Crippen LogP contribution in [0.3, 0.4) is 0 Å². The average molecular weight is 282 g/mol. The molecule has 1 saturated heterocycles. The Morgan fingerprint density at radius 2 is 2.14 bits per heavy atom. The molecule has 2 aliphatic rings. The summed E-state index contributed by atoms with van der Waals surface area (Å²) < 4.78 is 0. The van der Waals surface area contributed by atoms with Gasteiger partial charge in [0.05, 0.1) is 23.1 Å². The number of pyridine rings is 1. The maximum Gasteiger partial charge on any atom is 0.250 e. The predicted octanol–water partition coefficient (Wildman–Crippen LogP) is 1.38. The van der Waals surface area contributed by atoms with Gasteiger partial charge in [0.15, 0.2) is 0 Å². The number of likely N-dealkylation sites (N-methyl/N-ethyl adjacent to an activating group) is 1. The van der Waals surface area contributed by atoms with Crippen molar-refractivity contribution in [1.82, 2.24) is 10.3 Å². The first-order valence-corrected chi connectivity index (χ1v) is 7.32. The first-order chi connectivity index (χ1) is 10.2. The molecular formula is C16H18N4O. The molecule has 1 amide bonds. The molecule has 108 valence electrons. The fourth-order valence-corrected chi connectivity index (χ4v) is 3.38. The molecule has 1 aromatic heterocycles. The lowest BCUT2D eigenvalue weighted by Crippen LogP contribution is -2.63. The number of nitrogens with zero attached hydrogens (tertiary/aromatic N) is 3. The number of nitrogens with one attached hydrogen (secondary N) is 1. The normalized spacial score (nSPS) is 25.0. The van der Waals surface area contributed by atoms with Crippen LogP contribution in [0.2, 0.25) is 0 Å². The summed E-state index contributed by atoms with van der Waals surface area (Å²) in [6.45, 7) is 3.69. The van der Waals surface area contributed by atoms with Gasteiger partial charge in [-0.05, 0) is 13.0 Å². The number of rotatable bonds is 0. The topological polar surface area (TPSA) is 48.5 Å². The van der Waals surface area contributed by atoms with Gasteiger partial charge < -0.3 is 15.1 Å². The highest BCUT2D eigenvalue weighted by Crippen LogP contribution is 2.40. The minimum Gasteiger partial charge on any atom is -0.355 e. The molecule has 4 rings (SSSR count). The average Bonchev–Trinajstić information content (AvgIpc) is 2.51. The Hall–Kier alpha value is -2.14. The van der Waals surface area contributed by atoms with Crippen LogP contribution in [0.4, 0.5) is 11.4 Å². The van der Waals surface area contributed by atoms with Crippen LogP contribution in [-0.2, 0) is 4.79 Å². The van der Waals surface area contributed by atoms with Crippen LogP contribution >= 0.6 is 0 Å². The van der Waals surface area contributed by atoms with E-state index < -0.39 is 0 Å². The number of anilines is 2. The van der Waals surface area contributed by atoms with Gasteiger partial charge in [-0.2, -0.15) is 0 Å². The lowest BCUT2D eigenvalue weighted by molar-refractivity contribution is -0.120. The minimum absolute atomic E-state index is 0.121. The summed E-state index contributed by atoms with van der Waals surface area (Å²) >= 11 is 0. The molecular weight excluding hydrogens is 264 g/mol. The van der Waals surface area contributed by atoms with E-state index in [1.807, 2.05) is 31.4 Å².